The number of nitrogens with zero attached hydrogens (tertiary/aromatic N) is 1. The van der Waals surface area contributed by atoms with Gasteiger partial charge in [-0.3, -0.25) is 4.79 Å². The number of carbonyl (C=O) groups excluding carboxylic acids is 1. The molecular formula is C11H14F2N2O4. The van der Waals surface area contributed by atoms with Gasteiger partial charge in [0.2, 0.25) is 5.91 Å². The summed E-state index contributed by atoms with van der Waals surface area (Å²) in [6, 6.07) is 2.89. The minimum absolute atomic E-state index is 0.00380. The van der Waals surface area contributed by atoms with Crippen LogP contribution in [-0.2, 0) is 16.1 Å². The van der Waals surface area contributed by atoms with Crippen LogP contribution in [-0.4, -0.2) is 47.7 Å². The Bertz CT molecular complexity index is 434. The quantitative estimate of drug-likeness (QED) is 0.681. The minimum atomic E-state index is -2.53. The molecule has 0 aliphatic carbocycles. The lowest BCUT2D eigenvalue weighted by Crippen LogP contribution is -2.31. The van der Waals surface area contributed by atoms with Crippen molar-refractivity contribution in [2.45, 2.75) is 13.0 Å². The molecule has 0 aromatic carbocycles. The molecule has 106 valence electrons. The van der Waals surface area contributed by atoms with Gasteiger partial charge in [-0.05, 0) is 12.1 Å². The standard InChI is InChI=1S/C11H14F2N2O4/c12-9(13)7-19-5-3-14-10(16)6-15-4-1-2-8(15)11(17)18/h1-2,4,9H,3,5-7H2,(H,14,16)(H,17,18). The van der Waals surface area contributed by atoms with E-state index in [0.717, 1.165) is 0 Å². The number of aromatic nitrogens is 1. The van der Waals surface area contributed by atoms with E-state index >= 15 is 0 Å². The van der Waals surface area contributed by atoms with E-state index in [0.29, 0.717) is 0 Å². The summed E-state index contributed by atoms with van der Waals surface area (Å²) in [5.74, 6) is -1.54. The van der Waals surface area contributed by atoms with E-state index in [1.54, 1.807) is 0 Å². The molecule has 0 saturated carbocycles. The van der Waals surface area contributed by atoms with Crippen molar-refractivity contribution in [2.75, 3.05) is 19.8 Å². The van der Waals surface area contributed by atoms with Crippen LogP contribution >= 0.6 is 0 Å². The Morgan fingerprint density at radius 1 is 1.47 bits per heavy atom. The topological polar surface area (TPSA) is 80.6 Å². The number of nitrogens with one attached hydrogen (secondary N) is 1. The number of alkyl halides is 2. The molecule has 0 spiro atoms. The predicted molar refractivity (Wildman–Crippen MR) is 61.2 cm³/mol. The van der Waals surface area contributed by atoms with Crippen LogP contribution in [0.4, 0.5) is 8.78 Å². The fraction of sp³-hybridized carbons (Fsp3) is 0.455. The van der Waals surface area contributed by atoms with Crippen molar-refractivity contribution in [1.29, 1.82) is 0 Å². The molecule has 1 heterocycles. The number of carboxylic acid groups (broad SMARTS) is 1. The van der Waals surface area contributed by atoms with Crippen molar-refractivity contribution in [1.82, 2.24) is 9.88 Å². The summed E-state index contributed by atoms with van der Waals surface area (Å²) >= 11 is 0. The summed E-state index contributed by atoms with van der Waals surface area (Å²) in [5, 5.41) is 11.3. The van der Waals surface area contributed by atoms with Gasteiger partial charge in [0.15, 0.2) is 0 Å². The number of hydrogen-bond acceptors (Lipinski definition) is 3. The number of halogens is 2. The average molecular weight is 276 g/mol. The second-order valence-corrected chi connectivity index (χ2v) is 3.64. The normalized spacial score (nSPS) is 10.7. The second-order valence-electron chi connectivity index (χ2n) is 3.64. The largest absolute Gasteiger partial charge is 0.477 e. The number of carbonyl (C=O) groups is 2. The first-order chi connectivity index (χ1) is 9.00. The number of amides is 1. The van der Waals surface area contributed by atoms with Gasteiger partial charge < -0.3 is 19.7 Å². The first-order valence-corrected chi connectivity index (χ1v) is 5.51. The molecule has 19 heavy (non-hydrogen) atoms. The fourth-order valence-electron chi connectivity index (χ4n) is 1.39. The van der Waals surface area contributed by atoms with Crippen LogP contribution in [0.25, 0.3) is 0 Å². The molecule has 0 radical (unpaired) electrons. The van der Waals surface area contributed by atoms with Crippen molar-refractivity contribution < 1.29 is 28.2 Å². The molecule has 0 atom stereocenters. The Balaban J connectivity index is 2.27. The predicted octanol–water partition coefficient (Wildman–Crippen LogP) is 0.584. The van der Waals surface area contributed by atoms with Crippen LogP contribution in [0.1, 0.15) is 10.5 Å². The Labute approximate surface area is 108 Å². The Morgan fingerprint density at radius 3 is 2.84 bits per heavy atom. The van der Waals surface area contributed by atoms with Gasteiger partial charge in [-0.15, -0.1) is 0 Å². The maximum atomic E-state index is 11.7. The average Bonchev–Trinajstić information content (AvgIpc) is 2.76. The van der Waals surface area contributed by atoms with Gasteiger partial charge in [0.1, 0.15) is 18.8 Å². The van der Waals surface area contributed by atoms with E-state index in [1.165, 1.54) is 22.9 Å². The summed E-state index contributed by atoms with van der Waals surface area (Å²) in [4.78, 5) is 22.2. The van der Waals surface area contributed by atoms with Gasteiger partial charge >= 0.3 is 5.97 Å². The van der Waals surface area contributed by atoms with Gasteiger partial charge in [-0.1, -0.05) is 0 Å². The summed E-state index contributed by atoms with van der Waals surface area (Å²) in [7, 11) is 0. The number of aromatic carboxylic acids is 1. The monoisotopic (exact) mass is 276 g/mol. The third kappa shape index (κ3) is 5.47. The Kier molecular flexibility index (Phi) is 5.94. The van der Waals surface area contributed by atoms with Gasteiger partial charge in [-0.25, -0.2) is 13.6 Å². The van der Waals surface area contributed by atoms with Crippen molar-refractivity contribution in [3.63, 3.8) is 0 Å². The van der Waals surface area contributed by atoms with Crippen molar-refractivity contribution in [2.24, 2.45) is 0 Å². The first-order valence-electron chi connectivity index (χ1n) is 5.51. The van der Waals surface area contributed by atoms with Crippen LogP contribution in [0, 0.1) is 0 Å². The molecule has 0 fully saturated rings. The maximum absolute atomic E-state index is 11.7. The molecule has 6 nitrogen and oxygen atoms in total. The minimum Gasteiger partial charge on any atom is -0.477 e. The number of rotatable bonds is 8. The van der Waals surface area contributed by atoms with E-state index in [2.05, 4.69) is 10.1 Å². The van der Waals surface area contributed by atoms with Gasteiger partial charge in [0.05, 0.1) is 6.61 Å². The SMILES string of the molecule is O=C(Cn1cccc1C(=O)O)NCCOCC(F)F. The molecule has 2 N–H and O–H groups in total. The fourth-order valence-corrected chi connectivity index (χ4v) is 1.39. The van der Waals surface area contributed by atoms with E-state index in [4.69, 9.17) is 5.11 Å². The number of ether oxygens (including phenoxy) is 1. The van der Waals surface area contributed by atoms with Crippen LogP contribution in [0.5, 0.6) is 0 Å². The third-order valence-electron chi connectivity index (χ3n) is 2.18. The molecule has 0 unspecified atom stereocenters. The number of hydrogen-bond donors (Lipinski definition) is 2. The lowest BCUT2D eigenvalue weighted by Gasteiger charge is -2.08. The molecule has 1 amide bonds. The molecular weight excluding hydrogens is 262 g/mol. The highest BCUT2D eigenvalue weighted by Crippen LogP contribution is 2.01. The zero-order valence-electron chi connectivity index (χ0n) is 10.0. The molecule has 0 saturated heterocycles. The van der Waals surface area contributed by atoms with Crippen LogP contribution in [0.3, 0.4) is 0 Å². The Morgan fingerprint density at radius 2 is 2.21 bits per heavy atom. The highest BCUT2D eigenvalue weighted by Gasteiger charge is 2.11. The van der Waals surface area contributed by atoms with Crippen LogP contribution in [0.15, 0.2) is 18.3 Å². The summed E-state index contributed by atoms with van der Waals surface area (Å²) in [6.45, 7) is -0.747. The van der Waals surface area contributed by atoms with E-state index < -0.39 is 24.9 Å². The first kappa shape index (κ1) is 15.1. The van der Waals surface area contributed by atoms with Gasteiger partial charge in [0, 0.05) is 12.7 Å². The lowest BCUT2D eigenvalue weighted by molar-refractivity contribution is -0.121. The smallest absolute Gasteiger partial charge is 0.352 e. The molecule has 1 aromatic rings. The summed E-state index contributed by atoms with van der Waals surface area (Å²) in [5.41, 5.74) is 0.00380. The van der Waals surface area contributed by atoms with E-state index in [-0.39, 0.29) is 25.4 Å². The van der Waals surface area contributed by atoms with Gasteiger partial charge in [-0.2, -0.15) is 0 Å². The van der Waals surface area contributed by atoms with E-state index in [9.17, 15) is 18.4 Å². The molecule has 1 aromatic heterocycles. The lowest BCUT2D eigenvalue weighted by atomic mass is 10.4. The van der Waals surface area contributed by atoms with Crippen molar-refractivity contribution in [3.05, 3.63) is 24.0 Å². The molecule has 1 rings (SSSR count). The molecule has 8 heteroatoms. The third-order valence-corrected chi connectivity index (χ3v) is 2.18. The Hall–Kier alpha value is -1.96. The number of carboxylic acids is 1. The molecule has 0 aliphatic heterocycles. The second kappa shape index (κ2) is 7.47. The van der Waals surface area contributed by atoms with Crippen molar-refractivity contribution in [3.8, 4) is 0 Å². The summed E-state index contributed by atoms with van der Waals surface area (Å²) in [6.07, 6.45) is -1.07. The highest BCUT2D eigenvalue weighted by atomic mass is 19.3. The van der Waals surface area contributed by atoms with E-state index in [1.807, 2.05) is 0 Å². The van der Waals surface area contributed by atoms with Crippen LogP contribution < -0.4 is 5.32 Å². The highest BCUT2D eigenvalue weighted by molar-refractivity contribution is 5.86. The maximum Gasteiger partial charge on any atom is 0.352 e. The zero-order valence-corrected chi connectivity index (χ0v) is 10.0. The zero-order chi connectivity index (χ0) is 14.3. The van der Waals surface area contributed by atoms with Crippen LogP contribution in [0.2, 0.25) is 0 Å². The van der Waals surface area contributed by atoms with Gasteiger partial charge in [0.25, 0.3) is 6.43 Å². The van der Waals surface area contributed by atoms with Crippen molar-refractivity contribution >= 4 is 11.9 Å². The molecule has 0 bridgehead atoms. The molecule has 0 aliphatic rings. The summed E-state index contributed by atoms with van der Waals surface area (Å²) < 4.78 is 29.3.